The molecule has 0 unspecified atom stereocenters. The average Bonchev–Trinajstić information content (AvgIpc) is 2.97. The van der Waals surface area contributed by atoms with Gasteiger partial charge in [-0.1, -0.05) is 18.0 Å². The molecule has 4 nitrogen and oxygen atoms in total. The molecule has 3 aliphatic rings. The summed E-state index contributed by atoms with van der Waals surface area (Å²) in [7, 11) is 0. The Morgan fingerprint density at radius 3 is 3.09 bits per heavy atom. The Bertz CT molecular complexity index is 658. The first-order chi connectivity index (χ1) is 11.2. The van der Waals surface area contributed by atoms with E-state index in [2.05, 4.69) is 10.2 Å². The van der Waals surface area contributed by atoms with Gasteiger partial charge in [-0.25, -0.2) is 0 Å². The van der Waals surface area contributed by atoms with E-state index in [1.165, 1.54) is 25.8 Å². The van der Waals surface area contributed by atoms with Crippen LogP contribution in [0.15, 0.2) is 23.8 Å². The highest BCUT2D eigenvalue weighted by Gasteiger charge is 2.36. The average molecular weight is 333 g/mol. The van der Waals surface area contributed by atoms with Crippen molar-refractivity contribution in [2.45, 2.75) is 37.8 Å². The molecule has 1 amide bonds. The van der Waals surface area contributed by atoms with Crippen molar-refractivity contribution < 1.29 is 9.53 Å². The number of ether oxygens (including phenoxy) is 1. The molecule has 1 aromatic carbocycles. The van der Waals surface area contributed by atoms with Gasteiger partial charge in [0.05, 0.1) is 5.57 Å². The lowest BCUT2D eigenvalue weighted by Crippen LogP contribution is -2.47. The Balaban J connectivity index is 1.47. The fourth-order valence-corrected chi connectivity index (χ4v) is 4.14. The lowest BCUT2D eigenvalue weighted by molar-refractivity contribution is -0.118. The minimum absolute atomic E-state index is 0.00644. The van der Waals surface area contributed by atoms with Crippen molar-refractivity contribution in [1.82, 2.24) is 10.2 Å². The van der Waals surface area contributed by atoms with Crippen molar-refractivity contribution in [1.29, 1.82) is 0 Å². The highest BCUT2D eigenvalue weighted by molar-refractivity contribution is 6.30. The number of benzene rings is 1. The van der Waals surface area contributed by atoms with E-state index in [1.807, 2.05) is 18.2 Å². The lowest BCUT2D eigenvalue weighted by atomic mass is 9.98. The van der Waals surface area contributed by atoms with Crippen molar-refractivity contribution >= 4 is 23.6 Å². The molecule has 0 aliphatic carbocycles. The first kappa shape index (κ1) is 15.0. The van der Waals surface area contributed by atoms with Crippen LogP contribution in [0.5, 0.6) is 5.75 Å². The zero-order chi connectivity index (χ0) is 15.8. The molecule has 2 atom stereocenters. The molecule has 122 valence electrons. The molecule has 0 saturated carbocycles. The smallest absolute Gasteiger partial charge is 0.250 e. The van der Waals surface area contributed by atoms with Gasteiger partial charge in [-0.15, -0.1) is 0 Å². The zero-order valence-corrected chi connectivity index (χ0v) is 13.8. The van der Waals surface area contributed by atoms with E-state index in [0.717, 1.165) is 24.3 Å². The van der Waals surface area contributed by atoms with E-state index in [-0.39, 0.29) is 11.9 Å². The summed E-state index contributed by atoms with van der Waals surface area (Å²) in [5, 5.41) is 3.88. The molecule has 1 N–H and O–H groups in total. The van der Waals surface area contributed by atoms with Crippen LogP contribution >= 0.6 is 11.6 Å². The highest BCUT2D eigenvalue weighted by atomic mass is 35.5. The summed E-state index contributed by atoms with van der Waals surface area (Å²) in [5.41, 5.74) is 1.55. The van der Waals surface area contributed by atoms with E-state index in [1.54, 1.807) is 6.07 Å². The molecule has 0 spiro atoms. The van der Waals surface area contributed by atoms with Gasteiger partial charge < -0.3 is 10.1 Å². The number of fused-ring (bicyclic) bond motifs is 2. The number of amides is 1. The second-order valence-corrected chi connectivity index (χ2v) is 7.04. The van der Waals surface area contributed by atoms with Gasteiger partial charge in [0.1, 0.15) is 12.4 Å². The summed E-state index contributed by atoms with van der Waals surface area (Å²) in [5.74, 6) is 0.776. The van der Waals surface area contributed by atoms with E-state index in [0.29, 0.717) is 23.2 Å². The van der Waals surface area contributed by atoms with Gasteiger partial charge in [0.2, 0.25) is 0 Å². The maximum Gasteiger partial charge on any atom is 0.250 e. The van der Waals surface area contributed by atoms with E-state index < -0.39 is 0 Å². The molecule has 2 saturated heterocycles. The van der Waals surface area contributed by atoms with Crippen LogP contribution < -0.4 is 10.1 Å². The van der Waals surface area contributed by atoms with Gasteiger partial charge in [-0.3, -0.25) is 9.69 Å². The molecule has 2 fully saturated rings. The fourth-order valence-electron chi connectivity index (χ4n) is 3.96. The van der Waals surface area contributed by atoms with Gasteiger partial charge in [0, 0.05) is 29.2 Å². The third-order valence-corrected chi connectivity index (χ3v) is 5.38. The molecule has 23 heavy (non-hydrogen) atoms. The summed E-state index contributed by atoms with van der Waals surface area (Å²) < 4.78 is 5.69. The van der Waals surface area contributed by atoms with Crippen LogP contribution in [0.2, 0.25) is 5.02 Å². The monoisotopic (exact) mass is 332 g/mol. The summed E-state index contributed by atoms with van der Waals surface area (Å²) in [4.78, 5) is 15.1. The molecule has 1 aromatic rings. The number of carbonyl (C=O) groups is 1. The number of nitrogens with zero attached hydrogens (tertiary/aromatic N) is 1. The number of nitrogens with one attached hydrogen (secondary N) is 1. The first-order valence-corrected chi connectivity index (χ1v) is 8.76. The molecular weight excluding hydrogens is 312 g/mol. The summed E-state index contributed by atoms with van der Waals surface area (Å²) >= 11 is 6.03. The Morgan fingerprint density at radius 1 is 1.26 bits per heavy atom. The molecule has 3 aliphatic heterocycles. The Labute approximate surface area is 141 Å². The van der Waals surface area contributed by atoms with Crippen molar-refractivity contribution in [2.75, 3.05) is 19.7 Å². The first-order valence-electron chi connectivity index (χ1n) is 8.38. The summed E-state index contributed by atoms with van der Waals surface area (Å²) in [6, 6.07) is 6.26. The predicted molar refractivity (Wildman–Crippen MR) is 90.7 cm³/mol. The second kappa shape index (κ2) is 6.17. The lowest BCUT2D eigenvalue weighted by Gasteiger charge is -2.32. The van der Waals surface area contributed by atoms with Crippen LogP contribution in [-0.2, 0) is 4.79 Å². The molecule has 0 bridgehead atoms. The Hall–Kier alpha value is -1.52. The minimum atomic E-state index is -0.00644. The number of hydrogen-bond acceptors (Lipinski definition) is 3. The summed E-state index contributed by atoms with van der Waals surface area (Å²) in [6.45, 7) is 2.60. The molecule has 0 aromatic heterocycles. The topological polar surface area (TPSA) is 41.6 Å². The Morgan fingerprint density at radius 2 is 2.17 bits per heavy atom. The van der Waals surface area contributed by atoms with E-state index in [9.17, 15) is 4.79 Å². The number of carbonyl (C=O) groups excluding carboxylic acids is 1. The third kappa shape index (κ3) is 2.98. The van der Waals surface area contributed by atoms with Gasteiger partial charge in [-0.2, -0.15) is 0 Å². The molecule has 4 rings (SSSR count). The van der Waals surface area contributed by atoms with Gasteiger partial charge in [-0.05, 0) is 50.1 Å². The fraction of sp³-hybridized carbons (Fsp3) is 0.500. The quantitative estimate of drug-likeness (QED) is 0.905. The van der Waals surface area contributed by atoms with E-state index in [4.69, 9.17) is 16.3 Å². The zero-order valence-electron chi connectivity index (χ0n) is 13.1. The van der Waals surface area contributed by atoms with Crippen LogP contribution in [0.3, 0.4) is 0 Å². The SMILES string of the molecule is O=C(N[C@@H]1CCN2CCCC[C@H]12)C1=Cc2cc(Cl)ccc2OC1. The molecule has 0 radical (unpaired) electrons. The van der Waals surface area contributed by atoms with Gasteiger partial charge in [0.25, 0.3) is 5.91 Å². The number of piperidine rings is 1. The maximum absolute atomic E-state index is 12.6. The minimum Gasteiger partial charge on any atom is -0.488 e. The highest BCUT2D eigenvalue weighted by Crippen LogP contribution is 2.30. The predicted octanol–water partition coefficient (Wildman–Crippen LogP) is 2.86. The molecule has 5 heteroatoms. The van der Waals surface area contributed by atoms with Crippen molar-refractivity contribution in [3.8, 4) is 5.75 Å². The standard InChI is InChI=1S/C18H21ClN2O2/c19-14-4-5-17-12(10-14)9-13(11-23-17)18(22)20-15-6-8-21-7-2-1-3-16(15)21/h4-5,9-10,15-16H,1-3,6-8,11H2,(H,20,22)/t15-,16-/m1/s1. The van der Waals surface area contributed by atoms with Crippen LogP contribution in [0.25, 0.3) is 6.08 Å². The van der Waals surface area contributed by atoms with Gasteiger partial charge in [0.15, 0.2) is 0 Å². The van der Waals surface area contributed by atoms with Crippen LogP contribution in [-0.4, -0.2) is 42.6 Å². The number of hydrogen-bond donors (Lipinski definition) is 1. The normalized spacial score (nSPS) is 26.7. The van der Waals surface area contributed by atoms with Crippen LogP contribution in [0, 0.1) is 0 Å². The van der Waals surface area contributed by atoms with Crippen molar-refractivity contribution in [3.63, 3.8) is 0 Å². The summed E-state index contributed by atoms with van der Waals surface area (Å²) in [6.07, 6.45) is 6.69. The van der Waals surface area contributed by atoms with Crippen LogP contribution in [0.1, 0.15) is 31.2 Å². The Kier molecular flexibility index (Phi) is 4.04. The van der Waals surface area contributed by atoms with Crippen LogP contribution in [0.4, 0.5) is 0 Å². The van der Waals surface area contributed by atoms with E-state index >= 15 is 0 Å². The van der Waals surface area contributed by atoms with Crippen molar-refractivity contribution in [2.24, 2.45) is 0 Å². The number of halogens is 1. The number of rotatable bonds is 2. The van der Waals surface area contributed by atoms with Crippen molar-refractivity contribution in [3.05, 3.63) is 34.4 Å². The molecule has 3 heterocycles. The van der Waals surface area contributed by atoms with Gasteiger partial charge >= 0.3 is 0 Å². The second-order valence-electron chi connectivity index (χ2n) is 6.61. The largest absolute Gasteiger partial charge is 0.488 e. The third-order valence-electron chi connectivity index (χ3n) is 5.15. The maximum atomic E-state index is 12.6. The molecular formula is C18H21ClN2O2.